The van der Waals surface area contributed by atoms with Gasteiger partial charge >= 0.3 is 33.4 Å². The molecule has 0 amide bonds. The third kappa shape index (κ3) is 5.13. The van der Waals surface area contributed by atoms with E-state index < -0.39 is 50.3 Å². The monoisotopic (exact) mass is 555 g/mol. The minimum atomic E-state index is -7.45. The van der Waals surface area contributed by atoms with Crippen molar-refractivity contribution >= 4 is 22.3 Å². The number of hydrogen-bond acceptors (Lipinski definition) is 6. The Labute approximate surface area is 198 Å². The molecule has 0 N–H and O–H groups in total. The van der Waals surface area contributed by atoms with Crippen LogP contribution >= 0.6 is 0 Å². The lowest BCUT2D eigenvalue weighted by molar-refractivity contribution is -0.382. The largest absolute Gasteiger partial charge is 0.491 e. The second-order valence-corrected chi connectivity index (χ2v) is 9.81. The lowest BCUT2D eigenvalue weighted by Gasteiger charge is -2.32. The third-order valence-electron chi connectivity index (χ3n) is 4.46. The molecule has 202 valence electrons. The van der Waals surface area contributed by atoms with E-state index >= 15 is 0 Å². The number of alkyl halides is 9. The highest BCUT2D eigenvalue weighted by atomic mass is 32.2. The van der Waals surface area contributed by atoms with Crippen LogP contribution in [-0.2, 0) is 15.5 Å². The van der Waals surface area contributed by atoms with Crippen LogP contribution in [0.2, 0.25) is 0 Å². The molecule has 0 aliphatic carbocycles. The van der Waals surface area contributed by atoms with Crippen LogP contribution in [-0.4, -0.2) is 43.8 Å². The molecule has 2 heterocycles. The van der Waals surface area contributed by atoms with Crippen molar-refractivity contribution < 1.29 is 61.3 Å². The van der Waals surface area contributed by atoms with Crippen LogP contribution in [0, 0.1) is 0 Å². The number of pyridine rings is 1. The number of aromatic nitrogens is 1. The minimum Gasteiger partial charge on any atom is -0.491 e. The molecule has 0 unspecified atom stereocenters. The summed E-state index contributed by atoms with van der Waals surface area (Å²) in [4.78, 5) is 4.15. The maximum atomic E-state index is 14.2. The van der Waals surface area contributed by atoms with Crippen LogP contribution in [0.1, 0.15) is 37.9 Å². The molecular weight excluding hydrogens is 537 g/mol. The summed E-state index contributed by atoms with van der Waals surface area (Å²) in [7, 11) is -6.30. The molecule has 0 aromatic carbocycles. The van der Waals surface area contributed by atoms with E-state index in [1.54, 1.807) is 0 Å². The van der Waals surface area contributed by atoms with Crippen LogP contribution < -0.4 is 8.92 Å². The van der Waals surface area contributed by atoms with Crippen molar-refractivity contribution in [3.8, 4) is 11.5 Å². The normalized spacial score (nSPS) is 14.4. The molecule has 0 radical (unpaired) electrons. The maximum Gasteiger partial charge on any atom is 0.460 e. The van der Waals surface area contributed by atoms with Gasteiger partial charge in [0, 0.05) is 11.5 Å². The predicted molar refractivity (Wildman–Crippen MR) is 108 cm³/mol. The van der Waals surface area contributed by atoms with Crippen molar-refractivity contribution in [3.63, 3.8) is 0 Å². The molecular formula is C20H18F9NO5S. The van der Waals surface area contributed by atoms with Crippen LogP contribution in [0.25, 0.3) is 12.2 Å². The molecule has 0 spiro atoms. The molecule has 36 heavy (non-hydrogen) atoms. The summed E-state index contributed by atoms with van der Waals surface area (Å²) in [5.41, 5.74) is -1.41. The first kappa shape index (κ1) is 29.3. The van der Waals surface area contributed by atoms with Crippen LogP contribution in [0.15, 0.2) is 28.9 Å². The van der Waals surface area contributed by atoms with Gasteiger partial charge in [-0.05, 0) is 24.3 Å². The van der Waals surface area contributed by atoms with Gasteiger partial charge in [-0.15, -0.1) is 0 Å². The van der Waals surface area contributed by atoms with Crippen molar-refractivity contribution in [2.24, 2.45) is 0 Å². The van der Waals surface area contributed by atoms with E-state index in [2.05, 4.69) is 9.17 Å². The van der Waals surface area contributed by atoms with E-state index in [1.807, 2.05) is 0 Å². The molecule has 0 aliphatic heterocycles. The van der Waals surface area contributed by atoms with E-state index in [4.69, 9.17) is 9.15 Å². The summed E-state index contributed by atoms with van der Waals surface area (Å²) < 4.78 is 158. The number of halogens is 9. The lowest BCUT2D eigenvalue weighted by Crippen LogP contribution is -2.63. The first-order valence-electron chi connectivity index (χ1n) is 9.55. The maximum absolute atomic E-state index is 14.2. The highest BCUT2D eigenvalue weighted by Crippen LogP contribution is 2.55. The van der Waals surface area contributed by atoms with E-state index in [-0.39, 0.29) is 17.1 Å². The molecule has 0 aliphatic rings. The minimum absolute atomic E-state index is 0.160. The molecule has 0 saturated carbocycles. The van der Waals surface area contributed by atoms with E-state index in [0.717, 1.165) is 13.2 Å². The third-order valence-corrected chi connectivity index (χ3v) is 5.75. The second kappa shape index (κ2) is 9.19. The van der Waals surface area contributed by atoms with Gasteiger partial charge in [0.2, 0.25) is 0 Å². The highest BCUT2D eigenvalue weighted by molar-refractivity contribution is 7.88. The van der Waals surface area contributed by atoms with Crippen LogP contribution in [0.4, 0.5) is 39.5 Å². The van der Waals surface area contributed by atoms with Crippen molar-refractivity contribution in [1.82, 2.24) is 4.98 Å². The van der Waals surface area contributed by atoms with Gasteiger partial charge in [-0.2, -0.15) is 47.9 Å². The summed E-state index contributed by atoms with van der Waals surface area (Å²) in [6.07, 6.45) is -3.47. The Balaban J connectivity index is 2.68. The van der Waals surface area contributed by atoms with Gasteiger partial charge < -0.3 is 13.3 Å². The number of rotatable bonds is 8. The van der Waals surface area contributed by atoms with Gasteiger partial charge in [-0.3, -0.25) is 0 Å². The van der Waals surface area contributed by atoms with E-state index in [0.29, 0.717) is 6.07 Å². The fraction of sp³-hybridized carbons (Fsp3) is 0.450. The summed E-state index contributed by atoms with van der Waals surface area (Å²) in [5, 5.41) is -7.04. The number of nitrogens with zero attached hydrogens (tertiary/aromatic N) is 1. The highest BCUT2D eigenvalue weighted by Gasteiger charge is 2.86. The Morgan fingerprint density at radius 3 is 1.97 bits per heavy atom. The van der Waals surface area contributed by atoms with E-state index in [1.165, 1.54) is 45.2 Å². The topological polar surface area (TPSA) is 78.6 Å². The zero-order valence-corrected chi connectivity index (χ0v) is 19.6. The Morgan fingerprint density at radius 2 is 1.53 bits per heavy atom. The van der Waals surface area contributed by atoms with Gasteiger partial charge in [0.25, 0.3) is 0 Å². The summed E-state index contributed by atoms with van der Waals surface area (Å²) in [6.45, 7) is 4.51. The Morgan fingerprint density at radius 1 is 0.944 bits per heavy atom. The molecule has 16 heteroatoms. The fourth-order valence-electron chi connectivity index (χ4n) is 2.62. The summed E-state index contributed by atoms with van der Waals surface area (Å²) in [6, 6.07) is 3.60. The van der Waals surface area contributed by atoms with Crippen molar-refractivity contribution in [1.29, 1.82) is 0 Å². The Hall–Kier alpha value is -2.91. The van der Waals surface area contributed by atoms with Gasteiger partial charge in [0.1, 0.15) is 5.76 Å². The molecule has 0 atom stereocenters. The standard InChI is InChI=1S/C20H18F9NO5S/c1-16(2,3)15-14(33-4)13(10-11(30-15)7-8-12-6-5-9-34-12)35-36(31,32)20(28,29)18(23,24)17(21,22)19(25,26)27/h5-10H,1-4H3/b8-7+. The zero-order valence-electron chi connectivity index (χ0n) is 18.8. The van der Waals surface area contributed by atoms with Gasteiger partial charge in [0.05, 0.1) is 24.8 Å². The SMILES string of the molecule is COc1c(OS(=O)(=O)C(F)(F)C(F)(F)C(F)(F)C(F)(F)F)cc(/C=C/c2ccco2)nc1C(C)(C)C. The van der Waals surface area contributed by atoms with Gasteiger partial charge in [0.15, 0.2) is 11.5 Å². The van der Waals surface area contributed by atoms with Crippen molar-refractivity contribution in [2.45, 2.75) is 49.5 Å². The van der Waals surface area contributed by atoms with E-state index in [9.17, 15) is 47.9 Å². The molecule has 6 nitrogen and oxygen atoms in total. The average molecular weight is 555 g/mol. The molecule has 0 fully saturated rings. The van der Waals surface area contributed by atoms with Crippen LogP contribution in [0.5, 0.6) is 11.5 Å². The first-order chi connectivity index (χ1) is 16.1. The Bertz CT molecular complexity index is 1220. The van der Waals surface area contributed by atoms with Gasteiger partial charge in [-0.1, -0.05) is 20.8 Å². The van der Waals surface area contributed by atoms with Crippen LogP contribution in [0.3, 0.4) is 0 Å². The molecule has 0 saturated heterocycles. The predicted octanol–water partition coefficient (Wildman–Crippen LogP) is 6.29. The summed E-state index contributed by atoms with van der Waals surface area (Å²) in [5.74, 6) is -16.5. The lowest BCUT2D eigenvalue weighted by atomic mass is 9.90. The second-order valence-electron chi connectivity index (χ2n) is 8.23. The Kier molecular flexibility index (Phi) is 7.49. The molecule has 2 aromatic rings. The molecule has 2 aromatic heterocycles. The number of ether oxygens (including phenoxy) is 1. The smallest absolute Gasteiger partial charge is 0.460 e. The van der Waals surface area contributed by atoms with Crippen molar-refractivity contribution in [3.05, 3.63) is 41.6 Å². The average Bonchev–Trinajstić information content (AvgIpc) is 3.23. The molecule has 2 rings (SSSR count). The fourth-order valence-corrected chi connectivity index (χ4v) is 3.53. The van der Waals surface area contributed by atoms with Crippen molar-refractivity contribution in [2.75, 3.05) is 7.11 Å². The zero-order chi connectivity index (χ0) is 28.0. The number of methoxy groups -OCH3 is 1. The first-order valence-corrected chi connectivity index (χ1v) is 11.0. The van der Waals surface area contributed by atoms with Gasteiger partial charge in [-0.25, -0.2) is 4.98 Å². The quantitative estimate of drug-likeness (QED) is 0.282. The number of hydrogen-bond donors (Lipinski definition) is 0. The number of furan rings is 1. The summed E-state index contributed by atoms with van der Waals surface area (Å²) >= 11 is 0. The molecule has 0 bridgehead atoms.